The van der Waals surface area contributed by atoms with Crippen molar-refractivity contribution in [3.05, 3.63) is 22.8 Å². The van der Waals surface area contributed by atoms with Gasteiger partial charge in [0, 0.05) is 12.1 Å². The van der Waals surface area contributed by atoms with Gasteiger partial charge in [0.25, 0.3) is 5.91 Å². The number of aromatic nitrogens is 1. The molecule has 1 aromatic heterocycles. The van der Waals surface area contributed by atoms with Gasteiger partial charge in [-0.2, -0.15) is 0 Å². The predicted octanol–water partition coefficient (Wildman–Crippen LogP) is 1.55. The lowest BCUT2D eigenvalue weighted by molar-refractivity contribution is 0.0939. The smallest absolute Gasteiger partial charge is 0.251 e. The Bertz CT molecular complexity index is 420. The number of anilines is 1. The summed E-state index contributed by atoms with van der Waals surface area (Å²) >= 11 is 5.79. The summed E-state index contributed by atoms with van der Waals surface area (Å²) in [5.41, 5.74) is 2.84. The first kappa shape index (κ1) is 12.1. The van der Waals surface area contributed by atoms with Crippen molar-refractivity contribution in [3.63, 3.8) is 0 Å². The zero-order chi connectivity index (χ0) is 12.3. The molecular formula is C11H15ClN4O. The number of hydrazine groups is 1. The summed E-state index contributed by atoms with van der Waals surface area (Å²) in [7, 11) is 0. The summed E-state index contributed by atoms with van der Waals surface area (Å²) in [6.45, 7) is 0.726. The van der Waals surface area contributed by atoms with E-state index in [4.69, 9.17) is 17.4 Å². The molecule has 0 bridgehead atoms. The second-order valence-electron chi connectivity index (χ2n) is 4.22. The molecule has 2 rings (SSSR count). The highest BCUT2D eigenvalue weighted by Gasteiger charge is 2.18. The summed E-state index contributed by atoms with van der Waals surface area (Å²) < 4.78 is 0. The Labute approximate surface area is 105 Å². The molecule has 0 aromatic carbocycles. The van der Waals surface area contributed by atoms with Gasteiger partial charge in [0.05, 0.1) is 0 Å². The fourth-order valence-electron chi connectivity index (χ4n) is 1.74. The van der Waals surface area contributed by atoms with Crippen molar-refractivity contribution >= 4 is 23.3 Å². The number of hydrogen-bond acceptors (Lipinski definition) is 4. The minimum Gasteiger partial charge on any atom is -0.352 e. The maximum absolute atomic E-state index is 11.8. The van der Waals surface area contributed by atoms with E-state index in [0.717, 1.165) is 6.54 Å². The van der Waals surface area contributed by atoms with E-state index < -0.39 is 0 Å². The quantitative estimate of drug-likeness (QED) is 0.433. The monoisotopic (exact) mass is 254 g/mol. The van der Waals surface area contributed by atoms with Gasteiger partial charge in [-0.1, -0.05) is 18.0 Å². The number of halogens is 1. The molecule has 0 aliphatic heterocycles. The van der Waals surface area contributed by atoms with Crippen molar-refractivity contribution in [2.75, 3.05) is 12.0 Å². The standard InChI is InChI=1S/C11H15ClN4O/c12-9-4-8(5-10(15-9)16-13)11(17)14-6-7-2-1-3-7/h4-5,7H,1-3,6,13H2,(H,14,17)(H,15,16). The van der Waals surface area contributed by atoms with Crippen molar-refractivity contribution in [3.8, 4) is 0 Å². The van der Waals surface area contributed by atoms with Crippen LogP contribution in [0.4, 0.5) is 5.82 Å². The van der Waals surface area contributed by atoms with Gasteiger partial charge < -0.3 is 10.7 Å². The highest BCUT2D eigenvalue weighted by atomic mass is 35.5. The number of nitrogens with one attached hydrogen (secondary N) is 2. The number of rotatable bonds is 4. The molecule has 1 aliphatic carbocycles. The van der Waals surface area contributed by atoms with Gasteiger partial charge in [0.15, 0.2) is 0 Å². The van der Waals surface area contributed by atoms with E-state index in [2.05, 4.69) is 15.7 Å². The molecule has 0 radical (unpaired) electrons. The molecule has 4 N–H and O–H groups in total. The molecule has 6 heteroatoms. The number of nitrogens with zero attached hydrogens (tertiary/aromatic N) is 1. The van der Waals surface area contributed by atoms with Crippen LogP contribution in [0, 0.1) is 5.92 Å². The first-order chi connectivity index (χ1) is 8.19. The van der Waals surface area contributed by atoms with Crippen LogP contribution in [0.25, 0.3) is 0 Å². The van der Waals surface area contributed by atoms with E-state index in [1.165, 1.54) is 25.3 Å². The third kappa shape index (κ3) is 3.08. The summed E-state index contributed by atoms with van der Waals surface area (Å²) in [4.78, 5) is 15.8. The van der Waals surface area contributed by atoms with Crippen molar-refractivity contribution < 1.29 is 4.79 Å². The average molecular weight is 255 g/mol. The third-order valence-electron chi connectivity index (χ3n) is 2.98. The lowest BCUT2D eigenvalue weighted by Gasteiger charge is -2.25. The van der Waals surface area contributed by atoms with Gasteiger partial charge in [0.2, 0.25) is 0 Å². The SMILES string of the molecule is NNc1cc(C(=O)NCC2CCC2)cc(Cl)n1. The molecule has 1 saturated carbocycles. The number of carbonyl (C=O) groups is 1. The first-order valence-electron chi connectivity index (χ1n) is 5.61. The van der Waals surface area contributed by atoms with Gasteiger partial charge in [-0.05, 0) is 30.9 Å². The van der Waals surface area contributed by atoms with Crippen molar-refractivity contribution in [1.29, 1.82) is 0 Å². The van der Waals surface area contributed by atoms with Crippen LogP contribution in [0.15, 0.2) is 12.1 Å². The van der Waals surface area contributed by atoms with E-state index in [1.807, 2.05) is 0 Å². The lowest BCUT2D eigenvalue weighted by atomic mass is 9.85. The van der Waals surface area contributed by atoms with Crippen molar-refractivity contribution in [2.45, 2.75) is 19.3 Å². The molecule has 0 unspecified atom stereocenters. The molecule has 1 amide bonds. The van der Waals surface area contributed by atoms with E-state index in [-0.39, 0.29) is 11.1 Å². The molecule has 1 heterocycles. The van der Waals surface area contributed by atoms with Crippen molar-refractivity contribution in [2.24, 2.45) is 11.8 Å². The number of hydrogen-bond donors (Lipinski definition) is 3. The summed E-state index contributed by atoms with van der Waals surface area (Å²) in [6.07, 6.45) is 3.67. The largest absolute Gasteiger partial charge is 0.352 e. The Kier molecular flexibility index (Phi) is 3.81. The highest BCUT2D eigenvalue weighted by Crippen LogP contribution is 2.25. The van der Waals surface area contributed by atoms with Crippen LogP contribution in [0.2, 0.25) is 5.15 Å². The first-order valence-corrected chi connectivity index (χ1v) is 5.99. The fraction of sp³-hybridized carbons (Fsp3) is 0.455. The van der Waals surface area contributed by atoms with E-state index in [9.17, 15) is 4.79 Å². The number of nitrogens with two attached hydrogens (primary N) is 1. The third-order valence-corrected chi connectivity index (χ3v) is 3.17. The van der Waals surface area contributed by atoms with Crippen LogP contribution in [-0.2, 0) is 0 Å². The fourth-order valence-corrected chi connectivity index (χ4v) is 1.95. The Morgan fingerprint density at radius 3 is 2.88 bits per heavy atom. The summed E-state index contributed by atoms with van der Waals surface area (Å²) in [6, 6.07) is 3.10. The number of amides is 1. The maximum atomic E-state index is 11.8. The molecule has 1 aliphatic rings. The van der Waals surface area contributed by atoms with Gasteiger partial charge in [0.1, 0.15) is 11.0 Å². The predicted molar refractivity (Wildman–Crippen MR) is 66.7 cm³/mol. The Balaban J connectivity index is 1.99. The van der Waals surface area contributed by atoms with E-state index in [0.29, 0.717) is 17.3 Å². The molecular weight excluding hydrogens is 240 g/mol. The molecule has 0 spiro atoms. The van der Waals surface area contributed by atoms with Crippen LogP contribution in [0.3, 0.4) is 0 Å². The molecule has 1 fully saturated rings. The Morgan fingerprint density at radius 1 is 1.53 bits per heavy atom. The Hall–Kier alpha value is -1.33. The van der Waals surface area contributed by atoms with Gasteiger partial charge >= 0.3 is 0 Å². The van der Waals surface area contributed by atoms with Gasteiger partial charge in [-0.3, -0.25) is 4.79 Å². The second kappa shape index (κ2) is 5.33. The lowest BCUT2D eigenvalue weighted by Crippen LogP contribution is -2.32. The molecule has 0 saturated heterocycles. The number of carbonyl (C=O) groups excluding carboxylic acids is 1. The highest BCUT2D eigenvalue weighted by molar-refractivity contribution is 6.29. The number of pyridine rings is 1. The van der Waals surface area contributed by atoms with Crippen molar-refractivity contribution in [1.82, 2.24) is 10.3 Å². The van der Waals surface area contributed by atoms with Crippen LogP contribution in [0.1, 0.15) is 29.6 Å². The van der Waals surface area contributed by atoms with Crippen LogP contribution < -0.4 is 16.6 Å². The average Bonchev–Trinajstić information content (AvgIpc) is 2.25. The van der Waals surface area contributed by atoms with Crippen LogP contribution >= 0.6 is 11.6 Å². The molecule has 0 atom stereocenters. The topological polar surface area (TPSA) is 80.0 Å². The normalized spacial score (nSPS) is 15.2. The van der Waals surface area contributed by atoms with E-state index >= 15 is 0 Å². The second-order valence-corrected chi connectivity index (χ2v) is 4.60. The molecule has 17 heavy (non-hydrogen) atoms. The molecule has 5 nitrogen and oxygen atoms in total. The maximum Gasteiger partial charge on any atom is 0.251 e. The molecule has 1 aromatic rings. The van der Waals surface area contributed by atoms with E-state index in [1.54, 1.807) is 6.07 Å². The summed E-state index contributed by atoms with van der Waals surface area (Å²) in [5, 5.41) is 3.13. The minimum absolute atomic E-state index is 0.141. The van der Waals surface area contributed by atoms with Gasteiger partial charge in [-0.15, -0.1) is 0 Å². The van der Waals surface area contributed by atoms with Crippen LogP contribution in [-0.4, -0.2) is 17.4 Å². The molecule has 92 valence electrons. The zero-order valence-corrected chi connectivity index (χ0v) is 10.1. The summed E-state index contributed by atoms with van der Waals surface area (Å²) in [5.74, 6) is 6.11. The minimum atomic E-state index is -0.141. The zero-order valence-electron chi connectivity index (χ0n) is 9.37. The van der Waals surface area contributed by atoms with Gasteiger partial charge in [-0.25, -0.2) is 10.8 Å². The Morgan fingerprint density at radius 2 is 2.29 bits per heavy atom. The van der Waals surface area contributed by atoms with Crippen LogP contribution in [0.5, 0.6) is 0 Å². The number of nitrogen functional groups attached to an aromatic ring is 1.